The van der Waals surface area contributed by atoms with Gasteiger partial charge in [-0.3, -0.25) is 9.69 Å². The lowest BCUT2D eigenvalue weighted by molar-refractivity contribution is 0.0644. The van der Waals surface area contributed by atoms with Crippen molar-refractivity contribution in [3.05, 3.63) is 29.1 Å². The third-order valence-corrected chi connectivity index (χ3v) is 5.25. The second-order valence-corrected chi connectivity index (χ2v) is 6.49. The molecule has 2 aliphatic heterocycles. The Bertz CT molecular complexity index is 636. The van der Waals surface area contributed by atoms with Crippen LogP contribution < -0.4 is 0 Å². The number of aromatic nitrogens is 1. The summed E-state index contributed by atoms with van der Waals surface area (Å²) in [5, 5.41) is 9.01. The molecule has 5 heteroatoms. The monoisotopic (exact) mass is 312 g/mol. The van der Waals surface area contributed by atoms with Gasteiger partial charge in [-0.15, -0.1) is 0 Å². The number of likely N-dealkylation sites (N-methyl/N-ethyl adjacent to an activating group) is 1. The summed E-state index contributed by atoms with van der Waals surface area (Å²) >= 11 is 0. The van der Waals surface area contributed by atoms with Crippen molar-refractivity contribution in [1.82, 2.24) is 14.8 Å². The minimum Gasteiger partial charge on any atom is -0.333 e. The normalized spacial score (nSPS) is 24.8. The van der Waals surface area contributed by atoms with E-state index >= 15 is 0 Å². The quantitative estimate of drug-likeness (QED) is 0.859. The number of nitriles is 1. The van der Waals surface area contributed by atoms with Crippen LogP contribution in [0.4, 0.5) is 0 Å². The van der Waals surface area contributed by atoms with Gasteiger partial charge in [0, 0.05) is 18.6 Å². The second kappa shape index (κ2) is 6.67. The predicted octanol–water partition coefficient (Wildman–Crippen LogP) is 2.35. The van der Waals surface area contributed by atoms with Crippen LogP contribution in [-0.4, -0.2) is 52.4 Å². The van der Waals surface area contributed by atoms with E-state index in [-0.39, 0.29) is 5.91 Å². The van der Waals surface area contributed by atoms with Crippen LogP contribution in [0.3, 0.4) is 0 Å². The first kappa shape index (κ1) is 15.9. The van der Waals surface area contributed by atoms with E-state index in [0.717, 1.165) is 32.5 Å². The maximum atomic E-state index is 12.9. The van der Waals surface area contributed by atoms with Gasteiger partial charge in [-0.2, -0.15) is 5.26 Å². The molecule has 2 aliphatic rings. The maximum Gasteiger partial charge on any atom is 0.272 e. The number of aryl methyl sites for hydroxylation is 1. The van der Waals surface area contributed by atoms with E-state index in [4.69, 9.17) is 5.26 Å². The molecule has 0 spiro atoms. The Morgan fingerprint density at radius 1 is 1.30 bits per heavy atom. The van der Waals surface area contributed by atoms with E-state index in [9.17, 15) is 4.79 Å². The lowest BCUT2D eigenvalue weighted by Crippen LogP contribution is -2.48. The average Bonchev–Trinajstić information content (AvgIpc) is 3.22. The fourth-order valence-corrected chi connectivity index (χ4v) is 4.07. The largest absolute Gasteiger partial charge is 0.333 e. The first-order chi connectivity index (χ1) is 11.2. The zero-order valence-corrected chi connectivity index (χ0v) is 14.0. The van der Waals surface area contributed by atoms with Crippen molar-refractivity contribution in [3.8, 4) is 6.07 Å². The van der Waals surface area contributed by atoms with Crippen molar-refractivity contribution in [2.45, 2.75) is 51.6 Å². The first-order valence-electron chi connectivity index (χ1n) is 8.58. The van der Waals surface area contributed by atoms with Crippen LogP contribution in [0.25, 0.3) is 0 Å². The van der Waals surface area contributed by atoms with Gasteiger partial charge in [-0.25, -0.2) is 4.98 Å². The van der Waals surface area contributed by atoms with Crippen molar-refractivity contribution in [1.29, 1.82) is 5.26 Å². The third-order valence-electron chi connectivity index (χ3n) is 5.25. The number of rotatable bonds is 3. The zero-order chi connectivity index (χ0) is 16.4. The second-order valence-electron chi connectivity index (χ2n) is 6.49. The van der Waals surface area contributed by atoms with Gasteiger partial charge in [0.05, 0.1) is 11.3 Å². The van der Waals surface area contributed by atoms with Gasteiger partial charge in [0.2, 0.25) is 0 Å². The highest BCUT2D eigenvalue weighted by Gasteiger charge is 2.39. The molecular formula is C18H24N4O. The van der Waals surface area contributed by atoms with E-state index in [2.05, 4.69) is 22.9 Å². The number of pyridine rings is 1. The van der Waals surface area contributed by atoms with E-state index in [0.29, 0.717) is 29.0 Å². The van der Waals surface area contributed by atoms with Gasteiger partial charge in [-0.05, 0) is 57.8 Å². The molecule has 2 atom stereocenters. The SMILES string of the molecule is CCN1CCCC1C1CCCN1C(=O)c1ccc(C#N)c(C)n1. The average molecular weight is 312 g/mol. The Morgan fingerprint density at radius 2 is 2.04 bits per heavy atom. The van der Waals surface area contributed by atoms with Crippen molar-refractivity contribution in [2.75, 3.05) is 19.6 Å². The summed E-state index contributed by atoms with van der Waals surface area (Å²) < 4.78 is 0. The standard InChI is InChI=1S/C18H24N4O/c1-3-21-10-4-6-16(21)17-7-5-11-22(17)18(23)15-9-8-14(12-19)13(2)20-15/h8-9,16-17H,3-7,10-11H2,1-2H3. The molecule has 0 radical (unpaired) electrons. The molecule has 1 amide bonds. The van der Waals surface area contributed by atoms with Crippen LogP contribution in [0.15, 0.2) is 12.1 Å². The number of nitrogens with zero attached hydrogens (tertiary/aromatic N) is 4. The molecule has 0 N–H and O–H groups in total. The van der Waals surface area contributed by atoms with Gasteiger partial charge < -0.3 is 4.90 Å². The summed E-state index contributed by atoms with van der Waals surface area (Å²) in [6, 6.07) is 6.30. The van der Waals surface area contributed by atoms with Crippen molar-refractivity contribution < 1.29 is 4.79 Å². The highest BCUT2D eigenvalue weighted by atomic mass is 16.2. The fourth-order valence-electron chi connectivity index (χ4n) is 4.07. The molecule has 1 aromatic heterocycles. The van der Waals surface area contributed by atoms with Crippen LogP contribution in [0.2, 0.25) is 0 Å². The van der Waals surface area contributed by atoms with Gasteiger partial charge in [0.25, 0.3) is 5.91 Å². The third kappa shape index (κ3) is 2.96. The molecule has 2 unspecified atom stereocenters. The van der Waals surface area contributed by atoms with Crippen molar-refractivity contribution in [3.63, 3.8) is 0 Å². The molecule has 2 fully saturated rings. The topological polar surface area (TPSA) is 60.2 Å². The number of carbonyl (C=O) groups excluding carboxylic acids is 1. The van der Waals surface area contributed by atoms with Crippen LogP contribution in [0, 0.1) is 18.3 Å². The highest BCUT2D eigenvalue weighted by Crippen LogP contribution is 2.30. The first-order valence-corrected chi connectivity index (χ1v) is 8.58. The minimum atomic E-state index is 0.0167. The highest BCUT2D eigenvalue weighted by molar-refractivity contribution is 5.93. The zero-order valence-electron chi connectivity index (χ0n) is 14.0. The van der Waals surface area contributed by atoms with Gasteiger partial charge >= 0.3 is 0 Å². The number of hydrogen-bond donors (Lipinski definition) is 0. The predicted molar refractivity (Wildman–Crippen MR) is 88.0 cm³/mol. The number of hydrogen-bond acceptors (Lipinski definition) is 4. The molecule has 0 bridgehead atoms. The number of likely N-dealkylation sites (tertiary alicyclic amines) is 2. The van der Waals surface area contributed by atoms with Crippen molar-refractivity contribution >= 4 is 5.91 Å². The van der Waals surface area contributed by atoms with E-state index in [1.54, 1.807) is 19.1 Å². The molecule has 23 heavy (non-hydrogen) atoms. The lowest BCUT2D eigenvalue weighted by Gasteiger charge is -2.34. The molecule has 0 aliphatic carbocycles. The van der Waals surface area contributed by atoms with E-state index in [1.807, 2.05) is 4.90 Å². The lowest BCUT2D eigenvalue weighted by atomic mass is 10.0. The number of amides is 1. The van der Waals surface area contributed by atoms with Crippen molar-refractivity contribution in [2.24, 2.45) is 0 Å². The van der Waals surface area contributed by atoms with Crippen LogP contribution in [-0.2, 0) is 0 Å². The van der Waals surface area contributed by atoms with Crippen LogP contribution in [0.5, 0.6) is 0 Å². The number of carbonyl (C=O) groups is 1. The van der Waals surface area contributed by atoms with Crippen LogP contribution in [0.1, 0.15) is 54.4 Å². The smallest absolute Gasteiger partial charge is 0.272 e. The maximum absolute atomic E-state index is 12.9. The Morgan fingerprint density at radius 3 is 2.74 bits per heavy atom. The molecular weight excluding hydrogens is 288 g/mol. The molecule has 2 saturated heterocycles. The molecule has 3 rings (SSSR count). The minimum absolute atomic E-state index is 0.0167. The molecule has 122 valence electrons. The summed E-state index contributed by atoms with van der Waals surface area (Å²) in [5.41, 5.74) is 1.63. The molecule has 0 saturated carbocycles. The van der Waals surface area contributed by atoms with Gasteiger partial charge in [0.15, 0.2) is 0 Å². The Hall–Kier alpha value is -1.93. The van der Waals surface area contributed by atoms with Gasteiger partial charge in [-0.1, -0.05) is 6.92 Å². The Balaban J connectivity index is 1.81. The van der Waals surface area contributed by atoms with Gasteiger partial charge in [0.1, 0.15) is 11.8 Å². The van der Waals surface area contributed by atoms with E-state index < -0.39 is 0 Å². The summed E-state index contributed by atoms with van der Waals surface area (Å²) in [4.78, 5) is 21.8. The molecule has 0 aromatic carbocycles. The summed E-state index contributed by atoms with van der Waals surface area (Å²) in [5.74, 6) is 0.0167. The van der Waals surface area contributed by atoms with E-state index in [1.165, 1.54) is 12.8 Å². The summed E-state index contributed by atoms with van der Waals surface area (Å²) in [6.45, 7) is 7.00. The summed E-state index contributed by atoms with van der Waals surface area (Å²) in [6.07, 6.45) is 4.56. The summed E-state index contributed by atoms with van der Waals surface area (Å²) in [7, 11) is 0. The Labute approximate surface area is 137 Å². The fraction of sp³-hybridized carbons (Fsp3) is 0.611. The van der Waals surface area contributed by atoms with Crippen LogP contribution >= 0.6 is 0 Å². The molecule has 5 nitrogen and oxygen atoms in total. The molecule has 3 heterocycles. The molecule has 1 aromatic rings. The Kier molecular flexibility index (Phi) is 4.63.